The summed E-state index contributed by atoms with van der Waals surface area (Å²) < 4.78 is 0. The van der Waals surface area contributed by atoms with E-state index in [1.165, 1.54) is 33.6 Å². The van der Waals surface area contributed by atoms with Crippen LogP contribution in [0.2, 0.25) is 0 Å². The third-order valence-electron chi connectivity index (χ3n) is 5.51. The molecule has 152 valence electrons. The van der Waals surface area contributed by atoms with Gasteiger partial charge in [0.15, 0.2) is 5.13 Å². The van der Waals surface area contributed by atoms with Gasteiger partial charge in [-0.25, -0.2) is 4.98 Å². The highest BCUT2D eigenvalue weighted by molar-refractivity contribution is 7.13. The van der Waals surface area contributed by atoms with E-state index >= 15 is 0 Å². The minimum Gasteiger partial charge on any atom is -0.301 e. The van der Waals surface area contributed by atoms with Crippen molar-refractivity contribution < 1.29 is 4.79 Å². The van der Waals surface area contributed by atoms with E-state index < -0.39 is 5.41 Å². The van der Waals surface area contributed by atoms with Gasteiger partial charge < -0.3 is 5.32 Å². The van der Waals surface area contributed by atoms with Gasteiger partial charge in [-0.3, -0.25) is 4.79 Å². The summed E-state index contributed by atoms with van der Waals surface area (Å²) in [6.07, 6.45) is 2.66. The maximum absolute atomic E-state index is 13.1. The summed E-state index contributed by atoms with van der Waals surface area (Å²) in [7, 11) is 0. The molecule has 0 saturated carbocycles. The standard InChI is InChI=1S/C25H30N2OS/c1-17(2)16-22(25(4,5)23(28)27-24-26-14-15-29-24)21-12-10-20(11-13-21)19-8-6-18(3)7-9-19/h6-15,17,22H,16H2,1-5H3,(H,26,27,28). The molecule has 1 N–H and O–H groups in total. The van der Waals surface area contributed by atoms with E-state index in [-0.39, 0.29) is 11.8 Å². The number of rotatable bonds is 7. The maximum atomic E-state index is 13.1. The number of aromatic nitrogens is 1. The van der Waals surface area contributed by atoms with Gasteiger partial charge in [-0.15, -0.1) is 11.3 Å². The molecule has 4 heteroatoms. The summed E-state index contributed by atoms with van der Waals surface area (Å²) in [6, 6.07) is 17.3. The molecule has 0 bridgehead atoms. The first-order valence-electron chi connectivity index (χ1n) is 10.2. The van der Waals surface area contributed by atoms with Crippen LogP contribution in [0.4, 0.5) is 5.13 Å². The van der Waals surface area contributed by atoms with E-state index in [0.717, 1.165) is 6.42 Å². The Kier molecular flexibility index (Phi) is 6.53. The molecule has 1 unspecified atom stereocenters. The molecule has 1 heterocycles. The summed E-state index contributed by atoms with van der Waals surface area (Å²) in [6.45, 7) is 10.6. The van der Waals surface area contributed by atoms with E-state index in [4.69, 9.17) is 0 Å². The van der Waals surface area contributed by atoms with Crippen molar-refractivity contribution in [2.75, 3.05) is 5.32 Å². The molecule has 0 aliphatic carbocycles. The first-order chi connectivity index (χ1) is 13.8. The van der Waals surface area contributed by atoms with Crippen LogP contribution in [0, 0.1) is 18.3 Å². The lowest BCUT2D eigenvalue weighted by molar-refractivity contribution is -0.125. The van der Waals surface area contributed by atoms with Crippen LogP contribution in [0.15, 0.2) is 60.1 Å². The number of carbonyl (C=O) groups is 1. The zero-order valence-corrected chi connectivity index (χ0v) is 18.7. The Bertz CT molecular complexity index is 926. The van der Waals surface area contributed by atoms with Crippen LogP contribution in [0.25, 0.3) is 11.1 Å². The van der Waals surface area contributed by atoms with Gasteiger partial charge in [-0.2, -0.15) is 0 Å². The smallest absolute Gasteiger partial charge is 0.232 e. The minimum atomic E-state index is -0.554. The van der Waals surface area contributed by atoms with Gasteiger partial charge in [0.2, 0.25) is 5.91 Å². The zero-order valence-electron chi connectivity index (χ0n) is 17.9. The van der Waals surface area contributed by atoms with E-state index in [9.17, 15) is 4.79 Å². The lowest BCUT2D eigenvalue weighted by Crippen LogP contribution is -2.37. The second-order valence-electron chi connectivity index (χ2n) is 8.68. The van der Waals surface area contributed by atoms with Gasteiger partial charge in [0.05, 0.1) is 5.41 Å². The maximum Gasteiger partial charge on any atom is 0.232 e. The molecular formula is C25H30N2OS. The largest absolute Gasteiger partial charge is 0.301 e. The molecule has 29 heavy (non-hydrogen) atoms. The number of benzene rings is 2. The third kappa shape index (κ3) is 5.13. The Morgan fingerprint density at radius 2 is 1.62 bits per heavy atom. The predicted octanol–water partition coefficient (Wildman–Crippen LogP) is 6.91. The molecule has 1 aromatic heterocycles. The van der Waals surface area contributed by atoms with Crippen molar-refractivity contribution in [1.29, 1.82) is 0 Å². The summed E-state index contributed by atoms with van der Waals surface area (Å²) >= 11 is 1.45. The molecule has 1 amide bonds. The molecule has 1 atom stereocenters. The summed E-state index contributed by atoms with van der Waals surface area (Å²) in [5, 5.41) is 5.52. The summed E-state index contributed by atoms with van der Waals surface area (Å²) in [4.78, 5) is 17.3. The Labute approximate surface area is 178 Å². The van der Waals surface area contributed by atoms with Crippen molar-refractivity contribution in [2.45, 2.75) is 47.0 Å². The first kappa shape index (κ1) is 21.3. The van der Waals surface area contributed by atoms with Crippen LogP contribution in [-0.2, 0) is 4.79 Å². The number of nitrogens with one attached hydrogen (secondary N) is 1. The van der Waals surface area contributed by atoms with Crippen LogP contribution in [0.1, 0.15) is 51.2 Å². The Morgan fingerprint density at radius 3 is 2.14 bits per heavy atom. The number of hydrogen-bond acceptors (Lipinski definition) is 3. The van der Waals surface area contributed by atoms with Gasteiger partial charge in [0.25, 0.3) is 0 Å². The van der Waals surface area contributed by atoms with Gasteiger partial charge in [0, 0.05) is 11.6 Å². The number of thiazole rings is 1. The molecule has 0 saturated heterocycles. The van der Waals surface area contributed by atoms with Crippen LogP contribution >= 0.6 is 11.3 Å². The van der Waals surface area contributed by atoms with E-state index in [0.29, 0.717) is 11.0 Å². The van der Waals surface area contributed by atoms with Crippen LogP contribution < -0.4 is 5.32 Å². The molecule has 3 nitrogen and oxygen atoms in total. The Balaban J connectivity index is 1.87. The number of amides is 1. The fourth-order valence-corrected chi connectivity index (χ4v) is 4.20. The highest BCUT2D eigenvalue weighted by Crippen LogP contribution is 2.41. The second kappa shape index (κ2) is 8.91. The average molecular weight is 407 g/mol. The molecular weight excluding hydrogens is 376 g/mol. The Morgan fingerprint density at radius 1 is 1.03 bits per heavy atom. The number of anilines is 1. The summed E-state index contributed by atoms with van der Waals surface area (Å²) in [5.74, 6) is 0.624. The highest BCUT2D eigenvalue weighted by Gasteiger charge is 2.38. The van der Waals surface area contributed by atoms with E-state index in [1.54, 1.807) is 6.20 Å². The number of aryl methyl sites for hydroxylation is 1. The van der Waals surface area contributed by atoms with E-state index in [2.05, 4.69) is 79.6 Å². The SMILES string of the molecule is Cc1ccc(-c2ccc(C(CC(C)C)C(C)(C)C(=O)Nc3nccs3)cc2)cc1. The number of carbonyl (C=O) groups excluding carboxylic acids is 1. The molecule has 0 radical (unpaired) electrons. The van der Waals surface area contributed by atoms with E-state index in [1.807, 2.05) is 19.2 Å². The molecule has 3 aromatic rings. The molecule has 3 rings (SSSR count). The second-order valence-corrected chi connectivity index (χ2v) is 9.58. The van der Waals surface area contributed by atoms with Crippen molar-refractivity contribution in [2.24, 2.45) is 11.3 Å². The fraction of sp³-hybridized carbons (Fsp3) is 0.360. The molecule has 0 aliphatic heterocycles. The first-order valence-corrected chi connectivity index (χ1v) is 11.0. The summed E-state index contributed by atoms with van der Waals surface area (Å²) in [5.41, 5.74) is 4.32. The number of nitrogens with zero attached hydrogens (tertiary/aromatic N) is 1. The van der Waals surface area contributed by atoms with Crippen molar-refractivity contribution in [3.63, 3.8) is 0 Å². The van der Waals surface area contributed by atoms with Crippen LogP contribution in [0.5, 0.6) is 0 Å². The van der Waals surface area contributed by atoms with Crippen molar-refractivity contribution >= 4 is 22.4 Å². The van der Waals surface area contributed by atoms with Gasteiger partial charge in [-0.1, -0.05) is 81.8 Å². The van der Waals surface area contributed by atoms with Gasteiger partial charge in [0.1, 0.15) is 0 Å². The quantitative estimate of drug-likeness (QED) is 0.463. The normalized spacial score (nSPS) is 12.8. The molecule has 0 spiro atoms. The predicted molar refractivity (Wildman–Crippen MR) is 123 cm³/mol. The monoisotopic (exact) mass is 406 g/mol. The lowest BCUT2D eigenvalue weighted by atomic mass is 9.70. The van der Waals surface area contributed by atoms with Crippen LogP contribution in [-0.4, -0.2) is 10.9 Å². The zero-order chi connectivity index (χ0) is 21.0. The topological polar surface area (TPSA) is 42.0 Å². The molecule has 2 aromatic carbocycles. The van der Waals surface area contributed by atoms with Gasteiger partial charge >= 0.3 is 0 Å². The van der Waals surface area contributed by atoms with Crippen molar-refractivity contribution in [1.82, 2.24) is 4.98 Å². The van der Waals surface area contributed by atoms with Crippen molar-refractivity contribution in [3.8, 4) is 11.1 Å². The fourth-order valence-electron chi connectivity index (χ4n) is 3.67. The number of hydrogen-bond donors (Lipinski definition) is 1. The molecule has 0 fully saturated rings. The van der Waals surface area contributed by atoms with Crippen LogP contribution in [0.3, 0.4) is 0 Å². The minimum absolute atomic E-state index is 0.0145. The average Bonchev–Trinajstić information content (AvgIpc) is 3.20. The molecule has 0 aliphatic rings. The van der Waals surface area contributed by atoms with Crippen molar-refractivity contribution in [3.05, 3.63) is 71.2 Å². The Hall–Kier alpha value is -2.46. The lowest BCUT2D eigenvalue weighted by Gasteiger charge is -2.34. The highest BCUT2D eigenvalue weighted by atomic mass is 32.1. The third-order valence-corrected chi connectivity index (χ3v) is 6.20. The van der Waals surface area contributed by atoms with Gasteiger partial charge in [-0.05, 0) is 41.9 Å².